The second kappa shape index (κ2) is 8.76. The van der Waals surface area contributed by atoms with Crippen molar-refractivity contribution < 1.29 is 13.2 Å². The summed E-state index contributed by atoms with van der Waals surface area (Å²) in [4.78, 5) is 12.9. The number of fused-ring (bicyclic) bond motifs is 1. The molecule has 0 aliphatic heterocycles. The van der Waals surface area contributed by atoms with Gasteiger partial charge in [0.25, 0.3) is 0 Å². The summed E-state index contributed by atoms with van der Waals surface area (Å²) in [6, 6.07) is 18.7. The number of sulfonamides is 1. The van der Waals surface area contributed by atoms with Crippen molar-refractivity contribution in [2.75, 3.05) is 18.4 Å². The molecule has 29 heavy (non-hydrogen) atoms. The Morgan fingerprint density at radius 2 is 1.66 bits per heavy atom. The second-order valence-electron chi connectivity index (χ2n) is 6.93. The zero-order chi connectivity index (χ0) is 21.0. The minimum atomic E-state index is -3.58. The van der Waals surface area contributed by atoms with Gasteiger partial charge < -0.3 is 5.32 Å². The molecule has 1 amide bonds. The molecule has 152 valence electrons. The third-order valence-corrected chi connectivity index (χ3v) is 7.10. The van der Waals surface area contributed by atoms with Crippen molar-refractivity contribution in [2.24, 2.45) is 0 Å². The first-order valence-electron chi connectivity index (χ1n) is 9.74. The molecule has 3 aromatic rings. The van der Waals surface area contributed by atoms with Crippen LogP contribution in [0.15, 0.2) is 65.6 Å². The molecule has 3 aromatic carbocycles. The van der Waals surface area contributed by atoms with Crippen LogP contribution in [0.5, 0.6) is 0 Å². The third kappa shape index (κ3) is 4.49. The maximum atomic E-state index is 12.8. The minimum Gasteiger partial charge on any atom is -0.326 e. The van der Waals surface area contributed by atoms with Crippen molar-refractivity contribution in [3.05, 3.63) is 71.8 Å². The summed E-state index contributed by atoms with van der Waals surface area (Å²) < 4.78 is 27.0. The molecule has 0 atom stereocenters. The Hall–Kier alpha value is -2.70. The molecule has 1 N–H and O–H groups in total. The summed E-state index contributed by atoms with van der Waals surface area (Å²) in [7, 11) is -3.58. The van der Waals surface area contributed by atoms with Crippen LogP contribution in [0.3, 0.4) is 0 Å². The lowest BCUT2D eigenvalue weighted by Crippen LogP contribution is -2.30. The first kappa shape index (κ1) is 21.0. The van der Waals surface area contributed by atoms with E-state index in [0.29, 0.717) is 18.8 Å². The summed E-state index contributed by atoms with van der Waals surface area (Å²) in [5, 5.41) is 5.01. The number of hydrogen-bond acceptors (Lipinski definition) is 3. The van der Waals surface area contributed by atoms with E-state index in [-0.39, 0.29) is 17.2 Å². The van der Waals surface area contributed by atoms with Gasteiger partial charge in [-0.25, -0.2) is 8.42 Å². The lowest BCUT2D eigenvalue weighted by atomic mass is 10.0. The van der Waals surface area contributed by atoms with Crippen molar-refractivity contribution >= 4 is 32.4 Å². The van der Waals surface area contributed by atoms with Gasteiger partial charge in [0.1, 0.15) is 0 Å². The van der Waals surface area contributed by atoms with Crippen molar-refractivity contribution in [1.29, 1.82) is 0 Å². The van der Waals surface area contributed by atoms with E-state index in [1.165, 1.54) is 4.31 Å². The minimum absolute atomic E-state index is 0.179. The Kier molecular flexibility index (Phi) is 6.35. The monoisotopic (exact) mass is 410 g/mol. The predicted octanol–water partition coefficient (Wildman–Crippen LogP) is 4.36. The summed E-state index contributed by atoms with van der Waals surface area (Å²) in [6.45, 7) is 6.26. The molecule has 0 saturated carbocycles. The third-order valence-electron chi connectivity index (χ3n) is 5.06. The average molecular weight is 411 g/mol. The normalized spacial score (nSPS) is 11.7. The van der Waals surface area contributed by atoms with Gasteiger partial charge in [-0.2, -0.15) is 4.31 Å². The van der Waals surface area contributed by atoms with Gasteiger partial charge >= 0.3 is 0 Å². The summed E-state index contributed by atoms with van der Waals surface area (Å²) in [5.41, 5.74) is 2.27. The second-order valence-corrected chi connectivity index (χ2v) is 8.87. The van der Waals surface area contributed by atoms with Crippen LogP contribution in [0, 0.1) is 6.92 Å². The Labute approximate surface area is 172 Å². The summed E-state index contributed by atoms with van der Waals surface area (Å²) in [5.74, 6) is -0.179. The van der Waals surface area contributed by atoms with Crippen LogP contribution >= 0.6 is 0 Å². The van der Waals surface area contributed by atoms with Gasteiger partial charge in [-0.15, -0.1) is 0 Å². The molecular formula is C23H26N2O3S. The van der Waals surface area contributed by atoms with Crippen molar-refractivity contribution in [2.45, 2.75) is 32.1 Å². The molecule has 0 aliphatic carbocycles. The first-order valence-corrected chi connectivity index (χ1v) is 11.2. The first-order chi connectivity index (χ1) is 13.9. The number of carbonyl (C=O) groups is 1. The molecule has 0 aliphatic rings. The highest BCUT2D eigenvalue weighted by molar-refractivity contribution is 7.89. The average Bonchev–Trinajstić information content (AvgIpc) is 2.70. The largest absolute Gasteiger partial charge is 0.326 e. The SMILES string of the molecule is CCN(CC)S(=O)(=O)c1ccc(C)c(NC(=O)Cc2cccc3ccccc23)c1. The van der Waals surface area contributed by atoms with E-state index in [1.807, 2.05) is 63.2 Å². The number of hydrogen-bond donors (Lipinski definition) is 1. The molecule has 0 unspecified atom stereocenters. The Bertz CT molecular complexity index is 1130. The Morgan fingerprint density at radius 1 is 0.966 bits per heavy atom. The number of anilines is 1. The van der Waals surface area contributed by atoms with E-state index in [9.17, 15) is 13.2 Å². The quantitative estimate of drug-likeness (QED) is 0.629. The van der Waals surface area contributed by atoms with Gasteiger partial charge in [0.2, 0.25) is 15.9 Å². The van der Waals surface area contributed by atoms with E-state index in [4.69, 9.17) is 0 Å². The molecule has 0 heterocycles. The number of nitrogens with one attached hydrogen (secondary N) is 1. The van der Waals surface area contributed by atoms with Crippen LogP contribution in [0.2, 0.25) is 0 Å². The highest BCUT2D eigenvalue weighted by atomic mass is 32.2. The fourth-order valence-corrected chi connectivity index (χ4v) is 4.91. The number of rotatable bonds is 7. The van der Waals surface area contributed by atoms with Gasteiger partial charge in [0.05, 0.1) is 11.3 Å². The fourth-order valence-electron chi connectivity index (χ4n) is 3.42. The van der Waals surface area contributed by atoms with Gasteiger partial charge in [-0.3, -0.25) is 4.79 Å². The highest BCUT2D eigenvalue weighted by Gasteiger charge is 2.22. The molecule has 0 radical (unpaired) electrons. The Morgan fingerprint density at radius 3 is 2.38 bits per heavy atom. The van der Waals surface area contributed by atoms with Gasteiger partial charge in [-0.1, -0.05) is 62.4 Å². The van der Waals surface area contributed by atoms with Gasteiger partial charge in [0, 0.05) is 18.8 Å². The predicted molar refractivity (Wildman–Crippen MR) is 118 cm³/mol. The lowest BCUT2D eigenvalue weighted by molar-refractivity contribution is -0.115. The van der Waals surface area contributed by atoms with E-state index < -0.39 is 10.0 Å². The van der Waals surface area contributed by atoms with Crippen LogP contribution in [0.25, 0.3) is 10.8 Å². The molecule has 3 rings (SSSR count). The zero-order valence-electron chi connectivity index (χ0n) is 17.0. The fraction of sp³-hybridized carbons (Fsp3) is 0.261. The molecule has 0 aromatic heterocycles. The van der Waals surface area contributed by atoms with Crippen LogP contribution in [0.1, 0.15) is 25.0 Å². The van der Waals surface area contributed by atoms with Gasteiger partial charge in [-0.05, 0) is 41.0 Å². The lowest BCUT2D eigenvalue weighted by Gasteiger charge is -2.19. The molecular weight excluding hydrogens is 384 g/mol. The van der Waals surface area contributed by atoms with Crippen molar-refractivity contribution in [1.82, 2.24) is 4.31 Å². The van der Waals surface area contributed by atoms with Crippen LogP contribution in [0.4, 0.5) is 5.69 Å². The van der Waals surface area contributed by atoms with Crippen LogP contribution < -0.4 is 5.32 Å². The topological polar surface area (TPSA) is 66.5 Å². The number of aryl methyl sites for hydroxylation is 1. The maximum Gasteiger partial charge on any atom is 0.243 e. The van der Waals surface area contributed by atoms with Crippen molar-refractivity contribution in [3.63, 3.8) is 0 Å². The number of amides is 1. The van der Waals surface area contributed by atoms with E-state index in [1.54, 1.807) is 18.2 Å². The maximum absolute atomic E-state index is 12.8. The molecule has 5 nitrogen and oxygen atoms in total. The van der Waals surface area contributed by atoms with Crippen LogP contribution in [-0.2, 0) is 21.2 Å². The number of nitrogens with zero attached hydrogens (tertiary/aromatic N) is 1. The van der Waals surface area contributed by atoms with E-state index in [2.05, 4.69) is 5.32 Å². The number of benzene rings is 3. The smallest absolute Gasteiger partial charge is 0.243 e. The van der Waals surface area contributed by atoms with Gasteiger partial charge in [0.15, 0.2) is 0 Å². The van der Waals surface area contributed by atoms with Crippen molar-refractivity contribution in [3.8, 4) is 0 Å². The van der Waals surface area contributed by atoms with E-state index in [0.717, 1.165) is 21.9 Å². The molecule has 0 saturated heterocycles. The molecule has 0 fully saturated rings. The summed E-state index contributed by atoms with van der Waals surface area (Å²) in [6.07, 6.45) is 0.216. The molecule has 0 spiro atoms. The van der Waals surface area contributed by atoms with Crippen LogP contribution in [-0.4, -0.2) is 31.7 Å². The number of carbonyl (C=O) groups excluding carboxylic acids is 1. The van der Waals surface area contributed by atoms with E-state index >= 15 is 0 Å². The summed E-state index contributed by atoms with van der Waals surface area (Å²) >= 11 is 0. The Balaban J connectivity index is 1.85. The highest BCUT2D eigenvalue weighted by Crippen LogP contribution is 2.24. The standard InChI is InChI=1S/C23H26N2O3S/c1-4-25(5-2)29(27,28)20-14-13-17(3)22(16-20)24-23(26)15-19-11-8-10-18-9-6-7-12-21(18)19/h6-14,16H,4-5,15H2,1-3H3,(H,24,26). The molecule has 6 heteroatoms. The zero-order valence-corrected chi connectivity index (χ0v) is 17.8. The molecule has 0 bridgehead atoms.